The first-order chi connectivity index (χ1) is 9.52. The van der Waals surface area contributed by atoms with Crippen molar-refractivity contribution in [2.45, 2.75) is 6.92 Å². The summed E-state index contributed by atoms with van der Waals surface area (Å²) in [5.41, 5.74) is 0.672. The number of hydrogen-bond donors (Lipinski definition) is 2. The lowest BCUT2D eigenvalue weighted by Gasteiger charge is -2.09. The van der Waals surface area contributed by atoms with E-state index in [4.69, 9.17) is 0 Å². The number of nitrogens with one attached hydrogen (secondary N) is 2. The lowest BCUT2D eigenvalue weighted by Crippen LogP contribution is -2.05. The zero-order valence-corrected chi connectivity index (χ0v) is 10.8. The van der Waals surface area contributed by atoms with Gasteiger partial charge in [-0.15, -0.1) is 0 Å². The van der Waals surface area contributed by atoms with Crippen molar-refractivity contribution < 1.29 is 9.31 Å². The van der Waals surface area contributed by atoms with Gasteiger partial charge in [-0.1, -0.05) is 0 Å². The number of aromatic nitrogens is 2. The molecule has 0 saturated carbocycles. The summed E-state index contributed by atoms with van der Waals surface area (Å²) in [4.78, 5) is 18.2. The fourth-order valence-corrected chi connectivity index (χ4v) is 1.69. The van der Waals surface area contributed by atoms with Crippen molar-refractivity contribution in [3.05, 3.63) is 46.0 Å². The Labute approximate surface area is 114 Å². The van der Waals surface area contributed by atoms with Crippen LogP contribution in [0.2, 0.25) is 0 Å². The molecule has 0 radical (unpaired) electrons. The molecule has 0 unspecified atom stereocenters. The Morgan fingerprint density at radius 3 is 2.60 bits per heavy atom. The van der Waals surface area contributed by atoms with Gasteiger partial charge in [-0.05, 0) is 30.7 Å². The molecule has 20 heavy (non-hydrogen) atoms. The summed E-state index contributed by atoms with van der Waals surface area (Å²) in [5.74, 6) is -0.199. The quantitative estimate of drug-likeness (QED) is 0.659. The summed E-state index contributed by atoms with van der Waals surface area (Å²) in [7, 11) is 1.53. The maximum absolute atomic E-state index is 13.2. The SMILES string of the molecule is CNc1ncnc(Nc2ccc(F)c(C)c2)c1[N+](=O)[O-]. The molecule has 0 atom stereocenters. The Morgan fingerprint density at radius 1 is 1.30 bits per heavy atom. The number of benzene rings is 1. The summed E-state index contributed by atoms with van der Waals surface area (Å²) in [6, 6.07) is 4.30. The van der Waals surface area contributed by atoms with Crippen molar-refractivity contribution in [2.75, 3.05) is 17.7 Å². The molecule has 0 aliphatic heterocycles. The van der Waals surface area contributed by atoms with Crippen LogP contribution in [0.1, 0.15) is 5.56 Å². The molecule has 0 bridgehead atoms. The van der Waals surface area contributed by atoms with Crippen LogP contribution in [-0.4, -0.2) is 21.9 Å². The van der Waals surface area contributed by atoms with Crippen LogP contribution in [0.15, 0.2) is 24.5 Å². The number of anilines is 3. The molecule has 0 fully saturated rings. The first kappa shape index (κ1) is 13.7. The summed E-state index contributed by atoms with van der Waals surface area (Å²) < 4.78 is 13.2. The molecule has 0 saturated heterocycles. The monoisotopic (exact) mass is 277 g/mol. The van der Waals surface area contributed by atoms with Crippen LogP contribution in [0, 0.1) is 22.9 Å². The topological polar surface area (TPSA) is 93.0 Å². The van der Waals surface area contributed by atoms with Gasteiger partial charge in [0.25, 0.3) is 0 Å². The zero-order valence-electron chi connectivity index (χ0n) is 10.8. The lowest BCUT2D eigenvalue weighted by molar-refractivity contribution is -0.383. The Morgan fingerprint density at radius 2 is 2.00 bits per heavy atom. The normalized spacial score (nSPS) is 10.2. The first-order valence-electron chi connectivity index (χ1n) is 5.73. The Hall–Kier alpha value is -2.77. The van der Waals surface area contributed by atoms with E-state index in [-0.39, 0.29) is 23.1 Å². The number of halogens is 1. The minimum absolute atomic E-state index is 0.0420. The zero-order chi connectivity index (χ0) is 14.7. The van der Waals surface area contributed by atoms with E-state index in [1.807, 2.05) is 0 Å². The Balaban J connectivity index is 2.42. The van der Waals surface area contributed by atoms with E-state index in [0.29, 0.717) is 11.3 Å². The van der Waals surface area contributed by atoms with Crippen molar-refractivity contribution in [3.63, 3.8) is 0 Å². The van der Waals surface area contributed by atoms with Crippen molar-refractivity contribution in [2.24, 2.45) is 0 Å². The third kappa shape index (κ3) is 2.63. The maximum atomic E-state index is 13.2. The van der Waals surface area contributed by atoms with Gasteiger partial charge in [-0.3, -0.25) is 10.1 Å². The summed E-state index contributed by atoms with van der Waals surface area (Å²) in [6.07, 6.45) is 1.21. The molecule has 2 N–H and O–H groups in total. The van der Waals surface area contributed by atoms with Crippen LogP contribution in [0.4, 0.5) is 27.4 Å². The average molecular weight is 277 g/mol. The van der Waals surface area contributed by atoms with Gasteiger partial charge in [0, 0.05) is 12.7 Å². The van der Waals surface area contributed by atoms with Gasteiger partial charge >= 0.3 is 5.69 Å². The standard InChI is InChI=1S/C12H12FN5O2/c1-7-5-8(3-4-9(7)13)17-12-10(18(19)20)11(14-2)15-6-16-12/h3-6H,1-2H3,(H2,14,15,16,17). The Bertz CT molecular complexity index is 662. The number of rotatable bonds is 4. The predicted octanol–water partition coefficient (Wildman–Crippen LogP) is 2.62. The van der Waals surface area contributed by atoms with Gasteiger partial charge in [0.2, 0.25) is 11.6 Å². The highest BCUT2D eigenvalue weighted by atomic mass is 19.1. The molecular weight excluding hydrogens is 265 g/mol. The Kier molecular flexibility index (Phi) is 3.74. The molecule has 0 amide bonds. The number of nitro groups is 1. The van der Waals surface area contributed by atoms with Crippen LogP contribution in [0.25, 0.3) is 0 Å². The second kappa shape index (κ2) is 5.47. The average Bonchev–Trinajstić information content (AvgIpc) is 2.42. The fourth-order valence-electron chi connectivity index (χ4n) is 1.69. The molecule has 1 aromatic carbocycles. The highest BCUT2D eigenvalue weighted by Gasteiger charge is 2.22. The smallest absolute Gasteiger partial charge is 0.353 e. The van der Waals surface area contributed by atoms with E-state index in [1.54, 1.807) is 13.0 Å². The van der Waals surface area contributed by atoms with Crippen LogP contribution >= 0.6 is 0 Å². The van der Waals surface area contributed by atoms with Crippen LogP contribution in [0.5, 0.6) is 0 Å². The van der Waals surface area contributed by atoms with Crippen molar-refractivity contribution >= 4 is 23.0 Å². The van der Waals surface area contributed by atoms with Gasteiger partial charge < -0.3 is 10.6 Å². The maximum Gasteiger partial charge on any atom is 0.353 e. The molecule has 1 aromatic heterocycles. The van der Waals surface area contributed by atoms with Crippen molar-refractivity contribution in [3.8, 4) is 0 Å². The van der Waals surface area contributed by atoms with Crippen LogP contribution in [-0.2, 0) is 0 Å². The molecule has 0 spiro atoms. The molecular formula is C12H12FN5O2. The highest BCUT2D eigenvalue weighted by molar-refractivity contribution is 5.73. The molecule has 2 rings (SSSR count). The number of nitrogens with zero attached hydrogens (tertiary/aromatic N) is 3. The second-order valence-corrected chi connectivity index (χ2v) is 4.02. The van der Waals surface area contributed by atoms with Crippen molar-refractivity contribution in [1.29, 1.82) is 0 Å². The van der Waals surface area contributed by atoms with E-state index < -0.39 is 4.92 Å². The minimum atomic E-state index is -0.579. The predicted molar refractivity (Wildman–Crippen MR) is 72.7 cm³/mol. The molecule has 2 aromatic rings. The third-order valence-electron chi connectivity index (χ3n) is 2.66. The van der Waals surface area contributed by atoms with E-state index in [1.165, 1.54) is 25.5 Å². The molecule has 8 heteroatoms. The van der Waals surface area contributed by atoms with E-state index in [0.717, 1.165) is 0 Å². The third-order valence-corrected chi connectivity index (χ3v) is 2.66. The van der Waals surface area contributed by atoms with E-state index >= 15 is 0 Å². The largest absolute Gasteiger partial charge is 0.367 e. The molecule has 0 aliphatic rings. The van der Waals surface area contributed by atoms with Gasteiger partial charge in [0.15, 0.2) is 0 Å². The summed E-state index contributed by atoms with van der Waals surface area (Å²) in [6.45, 7) is 1.61. The molecule has 1 heterocycles. The van der Waals surface area contributed by atoms with E-state index in [2.05, 4.69) is 20.6 Å². The fraction of sp³-hybridized carbons (Fsp3) is 0.167. The van der Waals surface area contributed by atoms with E-state index in [9.17, 15) is 14.5 Å². The highest BCUT2D eigenvalue weighted by Crippen LogP contribution is 2.30. The lowest BCUT2D eigenvalue weighted by atomic mass is 10.2. The van der Waals surface area contributed by atoms with Gasteiger partial charge in [-0.25, -0.2) is 14.4 Å². The van der Waals surface area contributed by atoms with Gasteiger partial charge in [0.1, 0.15) is 12.1 Å². The first-order valence-corrected chi connectivity index (χ1v) is 5.73. The van der Waals surface area contributed by atoms with Gasteiger partial charge in [0.05, 0.1) is 4.92 Å². The van der Waals surface area contributed by atoms with Crippen LogP contribution in [0.3, 0.4) is 0 Å². The number of hydrogen-bond acceptors (Lipinski definition) is 6. The molecule has 104 valence electrons. The summed E-state index contributed by atoms with van der Waals surface area (Å²) >= 11 is 0. The second-order valence-electron chi connectivity index (χ2n) is 4.02. The number of aryl methyl sites for hydroxylation is 1. The molecule has 7 nitrogen and oxygen atoms in total. The van der Waals surface area contributed by atoms with Crippen molar-refractivity contribution in [1.82, 2.24) is 9.97 Å². The molecule has 0 aliphatic carbocycles. The minimum Gasteiger partial charge on any atom is -0.367 e. The van der Waals surface area contributed by atoms with Crippen LogP contribution < -0.4 is 10.6 Å². The van der Waals surface area contributed by atoms with Gasteiger partial charge in [-0.2, -0.15) is 0 Å². The summed E-state index contributed by atoms with van der Waals surface area (Å²) in [5, 5.41) is 16.5.